The number of likely N-dealkylation sites (tertiary alicyclic amines) is 1. The zero-order chi connectivity index (χ0) is 29.4. The number of aliphatic hydroxyl groups is 2. The summed E-state index contributed by atoms with van der Waals surface area (Å²) in [6.45, 7) is 1.91. The van der Waals surface area contributed by atoms with E-state index in [2.05, 4.69) is 37.4 Å². The summed E-state index contributed by atoms with van der Waals surface area (Å²) in [5, 5.41) is 26.7. The van der Waals surface area contributed by atoms with Crippen LogP contribution in [0.1, 0.15) is 50.6 Å². The van der Waals surface area contributed by atoms with Crippen LogP contribution in [0.15, 0.2) is 6.33 Å². The lowest BCUT2D eigenvalue weighted by Gasteiger charge is -2.30. The van der Waals surface area contributed by atoms with Crippen LogP contribution in [-0.2, 0) is 19.1 Å². The molecule has 2 unspecified atom stereocenters. The molecule has 0 spiro atoms. The predicted molar refractivity (Wildman–Crippen MR) is 145 cm³/mol. The van der Waals surface area contributed by atoms with Gasteiger partial charge in [-0.1, -0.05) is 5.92 Å². The van der Waals surface area contributed by atoms with E-state index in [0.717, 1.165) is 25.7 Å². The fraction of sp³-hybridized carbons (Fsp3) is 0.630. The van der Waals surface area contributed by atoms with Gasteiger partial charge in [0.05, 0.1) is 12.9 Å². The minimum atomic E-state index is -1.42. The van der Waals surface area contributed by atoms with Crippen molar-refractivity contribution in [2.75, 3.05) is 32.0 Å². The molecule has 2 aromatic rings. The lowest BCUT2D eigenvalue weighted by atomic mass is 9.94. The molecule has 2 aromatic heterocycles. The third kappa shape index (κ3) is 5.96. The number of nitrogens with zero attached hydrogens (tertiary/aromatic N) is 5. The summed E-state index contributed by atoms with van der Waals surface area (Å²) < 4.78 is 12.6. The first-order chi connectivity index (χ1) is 20.3. The van der Waals surface area contributed by atoms with E-state index >= 15 is 0 Å². The molecule has 1 aliphatic carbocycles. The number of imidazole rings is 1. The molecule has 1 saturated carbocycles. The number of nitrogen functional groups attached to an aromatic ring is 1. The molecular weight excluding hydrogens is 548 g/mol. The molecule has 4 fully saturated rings. The monoisotopic (exact) mass is 582 g/mol. The second kappa shape index (κ2) is 11.7. The third-order valence-corrected chi connectivity index (χ3v) is 8.11. The van der Waals surface area contributed by atoms with E-state index in [9.17, 15) is 24.6 Å². The van der Waals surface area contributed by atoms with Crippen molar-refractivity contribution >= 4 is 34.9 Å². The third-order valence-electron chi connectivity index (χ3n) is 8.11. The van der Waals surface area contributed by atoms with Crippen molar-refractivity contribution in [1.82, 2.24) is 35.1 Å². The van der Waals surface area contributed by atoms with E-state index in [1.807, 2.05) is 0 Å². The molecule has 6 N–H and O–H groups in total. The SMILES string of the molecule is Nc1nc(C#CCC2CCN(C(=O)OCC3CNC(=O)C3)CC2)nc2c1ncn2[C@@H]1O[C@H](C(=O)NC2CC2)C(O)[C@@H]1O. The molecule has 3 aliphatic heterocycles. The lowest BCUT2D eigenvalue weighted by molar-refractivity contribution is -0.137. The zero-order valence-electron chi connectivity index (χ0n) is 22.9. The van der Waals surface area contributed by atoms with Crippen molar-refractivity contribution in [3.8, 4) is 11.8 Å². The highest BCUT2D eigenvalue weighted by molar-refractivity contribution is 5.83. The van der Waals surface area contributed by atoms with Crippen LogP contribution in [0, 0.1) is 23.7 Å². The Morgan fingerprint density at radius 2 is 1.95 bits per heavy atom. The smallest absolute Gasteiger partial charge is 0.409 e. The second-order valence-electron chi connectivity index (χ2n) is 11.4. The van der Waals surface area contributed by atoms with Crippen molar-refractivity contribution < 1.29 is 34.1 Å². The molecule has 5 atom stereocenters. The Morgan fingerprint density at radius 3 is 2.67 bits per heavy atom. The maximum absolute atomic E-state index is 12.5. The summed E-state index contributed by atoms with van der Waals surface area (Å²) in [5.41, 5.74) is 6.66. The molecule has 15 heteroatoms. The topological polar surface area (TPSA) is 207 Å². The number of nitrogens with two attached hydrogens (primary N) is 1. The van der Waals surface area contributed by atoms with Gasteiger partial charge in [0.1, 0.15) is 17.7 Å². The van der Waals surface area contributed by atoms with Gasteiger partial charge >= 0.3 is 6.09 Å². The van der Waals surface area contributed by atoms with Crippen LogP contribution in [0.2, 0.25) is 0 Å². The number of hydrogen-bond acceptors (Lipinski definition) is 11. The van der Waals surface area contributed by atoms with E-state index < -0.39 is 30.4 Å². The largest absolute Gasteiger partial charge is 0.449 e. The van der Waals surface area contributed by atoms with E-state index in [0.29, 0.717) is 32.5 Å². The maximum Gasteiger partial charge on any atom is 0.409 e. The van der Waals surface area contributed by atoms with Gasteiger partial charge < -0.3 is 41.0 Å². The number of rotatable bonds is 6. The Morgan fingerprint density at radius 1 is 1.17 bits per heavy atom. The fourth-order valence-electron chi connectivity index (χ4n) is 5.45. The fourth-order valence-corrected chi connectivity index (χ4v) is 5.45. The van der Waals surface area contributed by atoms with Gasteiger partial charge in [0, 0.05) is 44.4 Å². The lowest BCUT2D eigenvalue weighted by Crippen LogP contribution is -2.43. The number of piperidine rings is 1. The van der Waals surface area contributed by atoms with E-state index in [1.54, 1.807) is 4.90 Å². The van der Waals surface area contributed by atoms with Crippen molar-refractivity contribution in [3.63, 3.8) is 0 Å². The van der Waals surface area contributed by atoms with Gasteiger partial charge in [-0.05, 0) is 37.5 Å². The molecular formula is C27H34N8O7. The average molecular weight is 583 g/mol. The van der Waals surface area contributed by atoms with Crippen LogP contribution in [0.25, 0.3) is 11.2 Å². The number of aromatic nitrogens is 4. The van der Waals surface area contributed by atoms with Crippen LogP contribution in [-0.4, -0.2) is 103 Å². The van der Waals surface area contributed by atoms with Gasteiger partial charge in [0.2, 0.25) is 11.7 Å². The Hall–Kier alpha value is -4.00. The molecule has 0 aromatic carbocycles. The van der Waals surface area contributed by atoms with Crippen molar-refractivity contribution in [1.29, 1.82) is 0 Å². The Kier molecular flexibility index (Phi) is 7.84. The van der Waals surface area contributed by atoms with Crippen molar-refractivity contribution in [2.24, 2.45) is 11.8 Å². The van der Waals surface area contributed by atoms with Gasteiger partial charge in [-0.3, -0.25) is 14.2 Å². The summed E-state index contributed by atoms with van der Waals surface area (Å²) in [6.07, 6.45) is 0.133. The van der Waals surface area contributed by atoms with Gasteiger partial charge in [-0.15, -0.1) is 0 Å². The maximum atomic E-state index is 12.5. The number of aliphatic hydroxyl groups excluding tert-OH is 2. The number of anilines is 1. The Balaban J connectivity index is 1.05. The first-order valence-corrected chi connectivity index (χ1v) is 14.3. The molecule has 4 aliphatic rings. The molecule has 0 bridgehead atoms. The van der Waals surface area contributed by atoms with Crippen LogP contribution in [0.3, 0.4) is 0 Å². The zero-order valence-corrected chi connectivity index (χ0v) is 22.9. The highest BCUT2D eigenvalue weighted by Crippen LogP contribution is 2.33. The minimum absolute atomic E-state index is 0.0129. The van der Waals surface area contributed by atoms with Crippen molar-refractivity contribution in [3.05, 3.63) is 12.2 Å². The predicted octanol–water partition coefficient (Wildman–Crippen LogP) is -0.967. The molecule has 3 saturated heterocycles. The Labute approximate surface area is 241 Å². The number of ether oxygens (including phenoxy) is 2. The van der Waals surface area contributed by atoms with Crippen LogP contribution < -0.4 is 16.4 Å². The quantitative estimate of drug-likeness (QED) is 0.262. The van der Waals surface area contributed by atoms with Crippen LogP contribution >= 0.6 is 0 Å². The number of amides is 3. The molecule has 5 heterocycles. The first kappa shape index (κ1) is 28.1. The summed E-state index contributed by atoms with van der Waals surface area (Å²) in [5.74, 6) is 6.15. The van der Waals surface area contributed by atoms with Gasteiger partial charge in [-0.2, -0.15) is 0 Å². The van der Waals surface area contributed by atoms with Gasteiger partial charge in [-0.25, -0.2) is 19.7 Å². The highest BCUT2D eigenvalue weighted by Gasteiger charge is 2.48. The van der Waals surface area contributed by atoms with Gasteiger partial charge in [0.15, 0.2) is 23.8 Å². The van der Waals surface area contributed by atoms with Crippen molar-refractivity contribution in [2.45, 2.75) is 69.1 Å². The number of hydrogen-bond donors (Lipinski definition) is 5. The summed E-state index contributed by atoms with van der Waals surface area (Å²) in [7, 11) is 0. The summed E-state index contributed by atoms with van der Waals surface area (Å²) in [6, 6.07) is 0.0783. The first-order valence-electron chi connectivity index (χ1n) is 14.3. The highest BCUT2D eigenvalue weighted by atomic mass is 16.6. The number of carbonyl (C=O) groups excluding carboxylic acids is 3. The molecule has 224 valence electrons. The minimum Gasteiger partial charge on any atom is -0.449 e. The molecule has 3 amide bonds. The van der Waals surface area contributed by atoms with Crippen LogP contribution in [0.4, 0.5) is 10.6 Å². The molecule has 0 radical (unpaired) electrons. The number of nitrogens with one attached hydrogen (secondary N) is 2. The molecule has 6 rings (SSSR count). The average Bonchev–Trinajstić information content (AvgIpc) is 3.39. The van der Waals surface area contributed by atoms with E-state index in [4.69, 9.17) is 15.2 Å². The summed E-state index contributed by atoms with van der Waals surface area (Å²) in [4.78, 5) is 50.8. The molecule has 42 heavy (non-hydrogen) atoms. The summed E-state index contributed by atoms with van der Waals surface area (Å²) >= 11 is 0. The van der Waals surface area contributed by atoms with E-state index in [1.165, 1.54) is 10.9 Å². The Bertz CT molecular complexity index is 1420. The molecule has 15 nitrogen and oxygen atoms in total. The number of fused-ring (bicyclic) bond motifs is 1. The number of carbonyl (C=O) groups is 3. The normalized spacial score (nSPS) is 27.9. The second-order valence-corrected chi connectivity index (χ2v) is 11.4. The van der Waals surface area contributed by atoms with Crippen LogP contribution in [0.5, 0.6) is 0 Å². The van der Waals surface area contributed by atoms with E-state index in [-0.39, 0.29) is 59.3 Å². The van der Waals surface area contributed by atoms with Gasteiger partial charge in [0.25, 0.3) is 5.91 Å². The standard InChI is InChI=1S/C27H34N8O7/c28-23-19-24(35(13-30-19)26-21(38)20(37)22(42-26)25(39)31-16-4-5-16)33-17(32-23)3-1-2-14-6-8-34(9-7-14)27(40)41-12-15-10-18(36)29-11-15/h13-16,20-22,26,37-38H,2,4-12H2,(H,29,36)(H,31,39)(H2,28,32,33)/t15?,20?,21-,22-,26+/m0/s1.